The Morgan fingerprint density at radius 1 is 1.30 bits per heavy atom. The fourth-order valence-electron chi connectivity index (χ4n) is 2.25. The van der Waals surface area contributed by atoms with Crippen molar-refractivity contribution in [2.24, 2.45) is 0 Å². The third-order valence-corrected chi connectivity index (χ3v) is 3.80. The Bertz CT molecular complexity index is 925. The second-order valence-electron chi connectivity index (χ2n) is 4.92. The minimum Gasteiger partial charge on any atom is -0.344 e. The van der Waals surface area contributed by atoms with Crippen molar-refractivity contribution in [2.75, 3.05) is 5.06 Å². The molecule has 1 aromatic heterocycles. The molecule has 0 aliphatic heterocycles. The molecule has 0 atom stereocenters. The number of H-pyrrole nitrogens is 1. The van der Waals surface area contributed by atoms with E-state index in [0.29, 0.717) is 21.7 Å². The third kappa shape index (κ3) is 2.54. The van der Waals surface area contributed by atoms with Crippen LogP contribution in [0.4, 0.5) is 14.5 Å². The van der Waals surface area contributed by atoms with Gasteiger partial charge in [-0.25, -0.2) is 18.8 Å². The number of aromatic amines is 1. The van der Waals surface area contributed by atoms with E-state index in [1.807, 2.05) is 0 Å². The van der Waals surface area contributed by atoms with Crippen LogP contribution in [0.2, 0.25) is 5.02 Å². The molecule has 0 fully saturated rings. The molecule has 2 aromatic carbocycles. The summed E-state index contributed by atoms with van der Waals surface area (Å²) in [5.74, 6) is -1.59. The molecule has 118 valence electrons. The summed E-state index contributed by atoms with van der Waals surface area (Å²) in [6.45, 7) is 1.57. The lowest BCUT2D eigenvalue weighted by molar-refractivity contribution is 0.312. The Kier molecular flexibility index (Phi) is 3.75. The molecule has 5 nitrogen and oxygen atoms in total. The quantitative estimate of drug-likeness (QED) is 0.376. The zero-order valence-electron chi connectivity index (χ0n) is 11.9. The van der Waals surface area contributed by atoms with Crippen LogP contribution in [0.15, 0.2) is 30.6 Å². The van der Waals surface area contributed by atoms with Gasteiger partial charge in [0.2, 0.25) is 0 Å². The van der Waals surface area contributed by atoms with Gasteiger partial charge in [-0.05, 0) is 31.2 Å². The zero-order valence-corrected chi connectivity index (χ0v) is 12.6. The van der Waals surface area contributed by atoms with Crippen molar-refractivity contribution in [1.29, 1.82) is 5.41 Å². The molecule has 1 heterocycles. The highest BCUT2D eigenvalue weighted by Crippen LogP contribution is 2.26. The predicted octanol–water partition coefficient (Wildman–Crippen LogP) is 4.02. The molecule has 3 N–H and O–H groups in total. The van der Waals surface area contributed by atoms with Crippen LogP contribution in [0.1, 0.15) is 11.1 Å². The fraction of sp³-hybridized carbons (Fsp3) is 0.0667. The van der Waals surface area contributed by atoms with E-state index in [-0.39, 0.29) is 16.3 Å². The number of aryl methyl sites for hydroxylation is 1. The SMILES string of the molecule is Cc1c(F)cc(C(=N)N(O)c2ccc(F)c(Cl)c2)c2[nH]cnc12. The smallest absolute Gasteiger partial charge is 0.160 e. The van der Waals surface area contributed by atoms with Crippen LogP contribution in [0, 0.1) is 24.0 Å². The lowest BCUT2D eigenvalue weighted by Crippen LogP contribution is -2.27. The van der Waals surface area contributed by atoms with Crippen LogP contribution in [0.3, 0.4) is 0 Å². The van der Waals surface area contributed by atoms with Crippen LogP contribution >= 0.6 is 11.6 Å². The number of imidazole rings is 1. The number of halogens is 3. The molecule has 0 aliphatic rings. The van der Waals surface area contributed by atoms with Crippen molar-refractivity contribution in [3.63, 3.8) is 0 Å². The maximum atomic E-state index is 14.0. The zero-order chi connectivity index (χ0) is 16.7. The van der Waals surface area contributed by atoms with Gasteiger partial charge in [-0.2, -0.15) is 0 Å². The number of hydrogen-bond donors (Lipinski definition) is 3. The average Bonchev–Trinajstić information content (AvgIpc) is 3.02. The molecule has 0 radical (unpaired) electrons. The highest BCUT2D eigenvalue weighted by molar-refractivity contribution is 6.31. The first-order valence-electron chi connectivity index (χ1n) is 6.55. The molecular formula is C15H11ClF2N4O. The summed E-state index contributed by atoms with van der Waals surface area (Å²) in [7, 11) is 0. The summed E-state index contributed by atoms with van der Waals surface area (Å²) in [5.41, 5.74) is 1.32. The van der Waals surface area contributed by atoms with Crippen molar-refractivity contribution in [1.82, 2.24) is 9.97 Å². The number of fused-ring (bicyclic) bond motifs is 1. The van der Waals surface area contributed by atoms with E-state index in [2.05, 4.69) is 9.97 Å². The highest BCUT2D eigenvalue weighted by atomic mass is 35.5. The Morgan fingerprint density at radius 2 is 2.04 bits per heavy atom. The van der Waals surface area contributed by atoms with E-state index in [0.717, 1.165) is 12.1 Å². The number of aromatic nitrogens is 2. The van der Waals surface area contributed by atoms with Crippen LogP contribution < -0.4 is 5.06 Å². The molecule has 3 rings (SSSR count). The summed E-state index contributed by atoms with van der Waals surface area (Å²) in [4.78, 5) is 6.84. The molecule has 0 amide bonds. The molecule has 0 spiro atoms. The molecule has 0 saturated heterocycles. The maximum Gasteiger partial charge on any atom is 0.160 e. The van der Waals surface area contributed by atoms with E-state index < -0.39 is 17.5 Å². The van der Waals surface area contributed by atoms with Crippen molar-refractivity contribution >= 4 is 34.2 Å². The average molecular weight is 337 g/mol. The maximum absolute atomic E-state index is 14.0. The molecule has 8 heteroatoms. The first-order chi connectivity index (χ1) is 10.9. The number of nitrogens with zero attached hydrogens (tertiary/aromatic N) is 2. The number of hydrogen-bond acceptors (Lipinski definition) is 3. The predicted molar refractivity (Wildman–Crippen MR) is 83.3 cm³/mol. The van der Waals surface area contributed by atoms with Crippen molar-refractivity contribution in [3.05, 3.63) is 58.4 Å². The van der Waals surface area contributed by atoms with Crippen LogP contribution in [0.5, 0.6) is 0 Å². The molecule has 3 aromatic rings. The minimum absolute atomic E-state index is 0.0787. The molecule has 23 heavy (non-hydrogen) atoms. The van der Waals surface area contributed by atoms with Gasteiger partial charge in [0.15, 0.2) is 5.84 Å². The Labute approximate surface area is 134 Å². The van der Waals surface area contributed by atoms with Crippen LogP contribution in [0.25, 0.3) is 11.0 Å². The van der Waals surface area contributed by atoms with Gasteiger partial charge in [0.05, 0.1) is 28.1 Å². The Hall–Kier alpha value is -2.51. The van der Waals surface area contributed by atoms with Crippen molar-refractivity contribution < 1.29 is 14.0 Å². The van der Waals surface area contributed by atoms with Crippen molar-refractivity contribution in [2.45, 2.75) is 6.92 Å². The first-order valence-corrected chi connectivity index (χ1v) is 6.93. The summed E-state index contributed by atoms with van der Waals surface area (Å²) < 4.78 is 27.2. The van der Waals surface area contributed by atoms with Crippen molar-refractivity contribution in [3.8, 4) is 0 Å². The molecular weight excluding hydrogens is 326 g/mol. The van der Waals surface area contributed by atoms with Gasteiger partial charge in [0.1, 0.15) is 11.6 Å². The number of anilines is 1. The monoisotopic (exact) mass is 336 g/mol. The van der Waals surface area contributed by atoms with E-state index in [4.69, 9.17) is 17.0 Å². The van der Waals surface area contributed by atoms with Gasteiger partial charge in [-0.3, -0.25) is 10.6 Å². The van der Waals surface area contributed by atoms with Gasteiger partial charge in [0, 0.05) is 11.1 Å². The number of nitrogens with one attached hydrogen (secondary N) is 2. The summed E-state index contributed by atoms with van der Waals surface area (Å²) >= 11 is 5.67. The van der Waals surface area contributed by atoms with Crippen LogP contribution in [-0.2, 0) is 0 Å². The lowest BCUT2D eigenvalue weighted by Gasteiger charge is -2.19. The Morgan fingerprint density at radius 3 is 2.74 bits per heavy atom. The standard InChI is InChI=1S/C15H11ClF2N4O/c1-7-12(18)5-9(14-13(7)20-6-21-14)15(19)22(23)8-2-3-11(17)10(16)4-8/h2-6,19,23H,1H3,(H,20,21). The molecule has 0 unspecified atom stereocenters. The second-order valence-corrected chi connectivity index (χ2v) is 5.32. The normalized spacial score (nSPS) is 11.0. The second kappa shape index (κ2) is 5.60. The van der Waals surface area contributed by atoms with E-state index >= 15 is 0 Å². The Balaban J connectivity index is 2.08. The van der Waals surface area contributed by atoms with Gasteiger partial charge in [-0.15, -0.1) is 0 Å². The summed E-state index contributed by atoms with van der Waals surface area (Å²) in [6.07, 6.45) is 1.38. The fourth-order valence-corrected chi connectivity index (χ4v) is 2.43. The number of rotatable bonds is 2. The number of benzene rings is 2. The summed E-state index contributed by atoms with van der Waals surface area (Å²) in [6, 6.07) is 4.62. The largest absolute Gasteiger partial charge is 0.344 e. The van der Waals surface area contributed by atoms with Gasteiger partial charge in [-0.1, -0.05) is 11.6 Å². The van der Waals surface area contributed by atoms with Gasteiger partial charge < -0.3 is 4.98 Å². The molecule has 0 saturated carbocycles. The van der Waals surface area contributed by atoms with Crippen LogP contribution in [-0.4, -0.2) is 21.0 Å². The number of hydroxylamine groups is 1. The summed E-state index contributed by atoms with van der Waals surface area (Å²) in [5, 5.41) is 18.6. The number of amidine groups is 1. The van der Waals surface area contributed by atoms with E-state index in [1.165, 1.54) is 18.5 Å². The topological polar surface area (TPSA) is 76.0 Å². The molecule has 0 bridgehead atoms. The first kappa shape index (κ1) is 15.4. The lowest BCUT2D eigenvalue weighted by atomic mass is 10.1. The van der Waals surface area contributed by atoms with E-state index in [1.54, 1.807) is 6.92 Å². The third-order valence-electron chi connectivity index (χ3n) is 3.51. The minimum atomic E-state index is -0.646. The molecule has 0 aliphatic carbocycles. The highest BCUT2D eigenvalue weighted by Gasteiger charge is 2.20. The van der Waals surface area contributed by atoms with E-state index in [9.17, 15) is 14.0 Å². The van der Waals surface area contributed by atoms with Gasteiger partial charge in [0.25, 0.3) is 0 Å². The van der Waals surface area contributed by atoms with Gasteiger partial charge >= 0.3 is 0 Å².